The zero-order valence-corrected chi connectivity index (χ0v) is 10.8. The molecule has 0 spiro atoms. The van der Waals surface area contributed by atoms with Crippen LogP contribution in [0.1, 0.15) is 44.4 Å². The Morgan fingerprint density at radius 1 is 1.38 bits per heavy atom. The van der Waals surface area contributed by atoms with Crippen LogP contribution in [0.25, 0.3) is 0 Å². The normalized spacial score (nSPS) is 16.8. The smallest absolute Gasteiger partial charge is 0.0843 e. The Hall–Kier alpha value is -0.860. The van der Waals surface area contributed by atoms with Crippen molar-refractivity contribution in [3.05, 3.63) is 35.4 Å². The summed E-state index contributed by atoms with van der Waals surface area (Å²) >= 11 is 0. The molecule has 2 heteroatoms. The van der Waals surface area contributed by atoms with Gasteiger partial charge >= 0.3 is 0 Å². The number of hydrogen-bond donors (Lipinski definition) is 1. The first-order chi connectivity index (χ1) is 7.53. The minimum Gasteiger partial charge on any atom is -0.374 e. The molecule has 0 amide bonds. The molecule has 2 N–H and O–H groups in total. The molecular formula is C14H23NO. The maximum Gasteiger partial charge on any atom is 0.0843 e. The molecule has 2 unspecified atom stereocenters. The monoisotopic (exact) mass is 221 g/mol. The third-order valence-electron chi connectivity index (χ3n) is 3.24. The first kappa shape index (κ1) is 13.2. The van der Waals surface area contributed by atoms with E-state index in [4.69, 9.17) is 10.5 Å². The molecule has 16 heavy (non-hydrogen) atoms. The fourth-order valence-corrected chi connectivity index (χ4v) is 1.96. The number of nitrogens with two attached hydrogens (primary N) is 1. The molecule has 0 fully saturated rings. The average molecular weight is 221 g/mol. The van der Waals surface area contributed by atoms with Crippen molar-refractivity contribution < 1.29 is 4.74 Å². The van der Waals surface area contributed by atoms with Crippen LogP contribution in [0.2, 0.25) is 0 Å². The lowest BCUT2D eigenvalue weighted by molar-refractivity contribution is -0.0472. The lowest BCUT2D eigenvalue weighted by atomic mass is 9.88. The van der Waals surface area contributed by atoms with Crippen molar-refractivity contribution in [2.24, 2.45) is 5.73 Å². The molecule has 0 aromatic heterocycles. The van der Waals surface area contributed by atoms with Gasteiger partial charge in [0.1, 0.15) is 0 Å². The van der Waals surface area contributed by atoms with Gasteiger partial charge in [-0.2, -0.15) is 0 Å². The van der Waals surface area contributed by atoms with E-state index < -0.39 is 0 Å². The Labute approximate surface area is 98.8 Å². The number of benzene rings is 1. The van der Waals surface area contributed by atoms with E-state index in [2.05, 4.69) is 39.0 Å². The molecule has 1 aromatic rings. The minimum absolute atomic E-state index is 0.0719. The molecule has 0 aliphatic rings. The maximum atomic E-state index is 6.31. The summed E-state index contributed by atoms with van der Waals surface area (Å²) in [5.74, 6) is 0. The summed E-state index contributed by atoms with van der Waals surface area (Å²) in [7, 11) is 0. The van der Waals surface area contributed by atoms with E-state index in [1.54, 1.807) is 0 Å². The molecule has 0 aliphatic carbocycles. The van der Waals surface area contributed by atoms with Crippen LogP contribution in [0.4, 0.5) is 0 Å². The highest BCUT2D eigenvalue weighted by Crippen LogP contribution is 2.30. The molecule has 0 aliphatic heterocycles. The lowest BCUT2D eigenvalue weighted by Gasteiger charge is -2.34. The summed E-state index contributed by atoms with van der Waals surface area (Å²) in [6.45, 7) is 9.00. The molecule has 0 radical (unpaired) electrons. The average Bonchev–Trinajstić information content (AvgIpc) is 2.28. The molecule has 0 saturated heterocycles. The number of hydrogen-bond acceptors (Lipinski definition) is 2. The van der Waals surface area contributed by atoms with E-state index in [0.29, 0.717) is 6.61 Å². The Bertz CT molecular complexity index is 337. The van der Waals surface area contributed by atoms with Crippen LogP contribution in [0, 0.1) is 6.92 Å². The van der Waals surface area contributed by atoms with Gasteiger partial charge in [0.2, 0.25) is 0 Å². The van der Waals surface area contributed by atoms with Gasteiger partial charge in [0.25, 0.3) is 0 Å². The van der Waals surface area contributed by atoms with Crippen molar-refractivity contribution >= 4 is 0 Å². The molecule has 90 valence electrons. The molecule has 0 bridgehead atoms. The summed E-state index contributed by atoms with van der Waals surface area (Å²) in [6, 6.07) is 8.27. The summed E-state index contributed by atoms with van der Waals surface area (Å²) in [5.41, 5.74) is 8.43. The van der Waals surface area contributed by atoms with Gasteiger partial charge in [-0.25, -0.2) is 0 Å². The second kappa shape index (κ2) is 5.46. The largest absolute Gasteiger partial charge is 0.374 e. The van der Waals surface area contributed by atoms with Gasteiger partial charge in [0, 0.05) is 6.61 Å². The van der Waals surface area contributed by atoms with Crippen molar-refractivity contribution in [2.45, 2.75) is 45.8 Å². The Balaban J connectivity index is 2.94. The summed E-state index contributed by atoms with van der Waals surface area (Å²) in [6.07, 6.45) is 0.913. The van der Waals surface area contributed by atoms with Crippen LogP contribution in [0.3, 0.4) is 0 Å². The standard InChI is InChI=1S/C14H23NO/c1-5-14(4,16-6-2)13(15)12-9-7-8-11(3)10-12/h7-10,13H,5-6,15H2,1-4H3. The second-order valence-electron chi connectivity index (χ2n) is 4.49. The van der Waals surface area contributed by atoms with Crippen LogP contribution in [-0.2, 0) is 4.74 Å². The quantitative estimate of drug-likeness (QED) is 0.828. The summed E-state index contributed by atoms with van der Waals surface area (Å²) in [5, 5.41) is 0. The second-order valence-corrected chi connectivity index (χ2v) is 4.49. The van der Waals surface area contributed by atoms with E-state index in [1.807, 2.05) is 13.0 Å². The number of aryl methyl sites for hydroxylation is 1. The zero-order chi connectivity index (χ0) is 12.2. The molecule has 0 saturated carbocycles. The highest BCUT2D eigenvalue weighted by Gasteiger charge is 2.31. The Morgan fingerprint density at radius 3 is 2.56 bits per heavy atom. The molecule has 2 nitrogen and oxygen atoms in total. The van der Waals surface area contributed by atoms with Crippen LogP contribution in [-0.4, -0.2) is 12.2 Å². The first-order valence-electron chi connectivity index (χ1n) is 5.99. The van der Waals surface area contributed by atoms with Gasteiger partial charge < -0.3 is 10.5 Å². The predicted molar refractivity (Wildman–Crippen MR) is 68.4 cm³/mol. The minimum atomic E-state index is -0.275. The van der Waals surface area contributed by atoms with Gasteiger partial charge in [-0.1, -0.05) is 36.8 Å². The molecule has 1 aromatic carbocycles. The van der Waals surface area contributed by atoms with Crippen LogP contribution < -0.4 is 5.73 Å². The van der Waals surface area contributed by atoms with Crippen molar-refractivity contribution in [3.63, 3.8) is 0 Å². The topological polar surface area (TPSA) is 35.2 Å². The van der Waals surface area contributed by atoms with Crippen molar-refractivity contribution in [1.82, 2.24) is 0 Å². The fraction of sp³-hybridized carbons (Fsp3) is 0.571. The van der Waals surface area contributed by atoms with Gasteiger partial charge in [-0.3, -0.25) is 0 Å². The molecule has 1 rings (SSSR count). The van der Waals surface area contributed by atoms with E-state index >= 15 is 0 Å². The van der Waals surface area contributed by atoms with Crippen LogP contribution in [0.15, 0.2) is 24.3 Å². The molecule has 2 atom stereocenters. The number of ether oxygens (including phenoxy) is 1. The predicted octanol–water partition coefficient (Wildman–Crippen LogP) is 3.20. The van der Waals surface area contributed by atoms with E-state index in [9.17, 15) is 0 Å². The van der Waals surface area contributed by atoms with Crippen molar-refractivity contribution in [1.29, 1.82) is 0 Å². The SMILES string of the molecule is CCOC(C)(CC)C(N)c1cccc(C)c1. The van der Waals surface area contributed by atoms with E-state index in [-0.39, 0.29) is 11.6 Å². The van der Waals surface area contributed by atoms with E-state index in [0.717, 1.165) is 12.0 Å². The first-order valence-corrected chi connectivity index (χ1v) is 5.99. The fourth-order valence-electron chi connectivity index (χ4n) is 1.96. The van der Waals surface area contributed by atoms with Gasteiger partial charge in [0.15, 0.2) is 0 Å². The van der Waals surface area contributed by atoms with Crippen LogP contribution in [0.5, 0.6) is 0 Å². The van der Waals surface area contributed by atoms with Gasteiger partial charge in [0.05, 0.1) is 11.6 Å². The van der Waals surface area contributed by atoms with Crippen LogP contribution >= 0.6 is 0 Å². The lowest BCUT2D eigenvalue weighted by Crippen LogP contribution is -2.40. The zero-order valence-electron chi connectivity index (χ0n) is 10.8. The summed E-state index contributed by atoms with van der Waals surface area (Å²) < 4.78 is 5.81. The highest BCUT2D eigenvalue weighted by atomic mass is 16.5. The number of rotatable bonds is 5. The van der Waals surface area contributed by atoms with Crippen molar-refractivity contribution in [3.8, 4) is 0 Å². The van der Waals surface area contributed by atoms with Crippen molar-refractivity contribution in [2.75, 3.05) is 6.61 Å². The van der Waals surface area contributed by atoms with E-state index in [1.165, 1.54) is 5.56 Å². The van der Waals surface area contributed by atoms with Gasteiger partial charge in [-0.05, 0) is 32.8 Å². The Morgan fingerprint density at radius 2 is 2.06 bits per heavy atom. The molecular weight excluding hydrogens is 198 g/mol. The third-order valence-corrected chi connectivity index (χ3v) is 3.24. The van der Waals surface area contributed by atoms with Gasteiger partial charge in [-0.15, -0.1) is 0 Å². The Kier molecular flexibility index (Phi) is 4.51. The molecule has 0 heterocycles. The maximum absolute atomic E-state index is 6.31. The highest BCUT2D eigenvalue weighted by molar-refractivity contribution is 5.26. The third kappa shape index (κ3) is 2.83. The summed E-state index contributed by atoms with van der Waals surface area (Å²) in [4.78, 5) is 0.